The minimum Gasteiger partial charge on any atom is -0.322 e. The molecule has 24 heavy (non-hydrogen) atoms. The molecule has 1 unspecified atom stereocenters. The molecule has 4 nitrogen and oxygen atoms in total. The van der Waals surface area contributed by atoms with Gasteiger partial charge in [0.25, 0.3) is 5.56 Å². The van der Waals surface area contributed by atoms with E-state index < -0.39 is 40.3 Å². The van der Waals surface area contributed by atoms with E-state index in [9.17, 15) is 22.4 Å². The predicted octanol–water partition coefficient (Wildman–Crippen LogP) is 2.96. The molecule has 0 saturated heterocycles. The van der Waals surface area contributed by atoms with E-state index in [0.29, 0.717) is 6.07 Å². The van der Waals surface area contributed by atoms with Crippen LogP contribution in [0, 0.1) is 23.3 Å². The van der Waals surface area contributed by atoms with Crippen molar-refractivity contribution >= 4 is 10.9 Å². The van der Waals surface area contributed by atoms with Crippen molar-refractivity contribution in [3.05, 3.63) is 69.8 Å². The molecule has 124 valence electrons. The summed E-state index contributed by atoms with van der Waals surface area (Å²) < 4.78 is 55.3. The van der Waals surface area contributed by atoms with E-state index in [2.05, 4.69) is 4.98 Å². The van der Waals surface area contributed by atoms with Crippen molar-refractivity contribution in [1.82, 2.24) is 9.55 Å². The zero-order valence-corrected chi connectivity index (χ0v) is 12.4. The number of nitrogens with zero attached hydrogens (tertiary/aromatic N) is 2. The average molecular weight is 337 g/mol. The zero-order valence-electron chi connectivity index (χ0n) is 12.4. The molecule has 1 atom stereocenters. The predicted molar refractivity (Wildman–Crippen MR) is 79.8 cm³/mol. The van der Waals surface area contributed by atoms with Crippen LogP contribution in [-0.4, -0.2) is 9.55 Å². The first-order valence-corrected chi connectivity index (χ1v) is 6.92. The lowest BCUT2D eigenvalue weighted by Crippen LogP contribution is -2.28. The van der Waals surface area contributed by atoms with Crippen LogP contribution in [0.3, 0.4) is 0 Å². The van der Waals surface area contributed by atoms with Crippen molar-refractivity contribution in [2.45, 2.75) is 13.0 Å². The van der Waals surface area contributed by atoms with E-state index in [1.807, 2.05) is 0 Å². The standard InChI is InChI=1S/C16H11F4N3O/c1-7(21)15-22-12-3-2-11(19)14(20)13(12)16(24)23(15)10-5-8(17)4-9(18)6-10/h2-7H,21H2,1H3. The summed E-state index contributed by atoms with van der Waals surface area (Å²) in [5, 5.41) is -0.621. The number of halogens is 4. The molecule has 0 aliphatic heterocycles. The molecule has 2 N–H and O–H groups in total. The molecule has 0 radical (unpaired) electrons. The maximum absolute atomic E-state index is 14.0. The van der Waals surface area contributed by atoms with Crippen LogP contribution in [0.2, 0.25) is 0 Å². The normalized spacial score (nSPS) is 12.6. The molecule has 0 fully saturated rings. The van der Waals surface area contributed by atoms with Gasteiger partial charge >= 0.3 is 0 Å². The third-order valence-electron chi connectivity index (χ3n) is 3.47. The molecule has 3 rings (SSSR count). The molecular formula is C16H11F4N3O. The fourth-order valence-electron chi connectivity index (χ4n) is 2.45. The summed E-state index contributed by atoms with van der Waals surface area (Å²) >= 11 is 0. The number of benzene rings is 2. The van der Waals surface area contributed by atoms with Crippen molar-refractivity contribution in [3.8, 4) is 5.69 Å². The van der Waals surface area contributed by atoms with E-state index in [4.69, 9.17) is 5.73 Å². The number of hydrogen-bond donors (Lipinski definition) is 1. The summed E-state index contributed by atoms with van der Waals surface area (Å²) in [5.41, 5.74) is 4.46. The highest BCUT2D eigenvalue weighted by Crippen LogP contribution is 2.21. The summed E-state index contributed by atoms with van der Waals surface area (Å²) in [5.74, 6) is -4.53. The lowest BCUT2D eigenvalue weighted by molar-refractivity contribution is 0.515. The molecule has 0 bridgehead atoms. The van der Waals surface area contributed by atoms with Crippen LogP contribution in [0.4, 0.5) is 17.6 Å². The number of aromatic nitrogens is 2. The zero-order chi connectivity index (χ0) is 17.6. The Labute approximate surface area is 133 Å². The second kappa shape index (κ2) is 5.72. The molecule has 0 aliphatic carbocycles. The summed E-state index contributed by atoms with van der Waals surface area (Å²) in [7, 11) is 0. The Morgan fingerprint density at radius 2 is 1.71 bits per heavy atom. The Morgan fingerprint density at radius 3 is 2.29 bits per heavy atom. The van der Waals surface area contributed by atoms with E-state index in [-0.39, 0.29) is 17.0 Å². The molecule has 1 heterocycles. The minimum absolute atomic E-state index is 0.0384. The summed E-state index contributed by atoms with van der Waals surface area (Å²) in [4.78, 5) is 16.7. The second-order valence-corrected chi connectivity index (χ2v) is 5.28. The quantitative estimate of drug-likeness (QED) is 0.732. The molecule has 8 heteroatoms. The van der Waals surface area contributed by atoms with Gasteiger partial charge in [-0.3, -0.25) is 9.36 Å². The van der Waals surface area contributed by atoms with Crippen LogP contribution in [-0.2, 0) is 0 Å². The van der Waals surface area contributed by atoms with E-state index in [1.54, 1.807) is 0 Å². The van der Waals surface area contributed by atoms with Gasteiger partial charge in [-0.2, -0.15) is 0 Å². The first-order chi connectivity index (χ1) is 11.3. The lowest BCUT2D eigenvalue weighted by atomic mass is 10.2. The average Bonchev–Trinajstić information content (AvgIpc) is 2.49. The maximum atomic E-state index is 14.0. The number of fused-ring (bicyclic) bond motifs is 1. The van der Waals surface area contributed by atoms with Gasteiger partial charge in [0.1, 0.15) is 22.8 Å². The van der Waals surface area contributed by atoms with Crippen LogP contribution in [0.15, 0.2) is 35.1 Å². The third kappa shape index (κ3) is 2.54. The third-order valence-corrected chi connectivity index (χ3v) is 3.47. The van der Waals surface area contributed by atoms with Gasteiger partial charge in [-0.15, -0.1) is 0 Å². The number of hydrogen-bond acceptors (Lipinski definition) is 3. The van der Waals surface area contributed by atoms with Crippen LogP contribution in [0.1, 0.15) is 18.8 Å². The topological polar surface area (TPSA) is 60.9 Å². The second-order valence-electron chi connectivity index (χ2n) is 5.28. The highest BCUT2D eigenvalue weighted by atomic mass is 19.2. The minimum atomic E-state index is -1.38. The highest BCUT2D eigenvalue weighted by molar-refractivity contribution is 5.79. The SMILES string of the molecule is CC(N)c1nc2ccc(F)c(F)c2c(=O)n1-c1cc(F)cc(F)c1. The van der Waals surface area contributed by atoms with Crippen molar-refractivity contribution in [2.24, 2.45) is 5.73 Å². The van der Waals surface area contributed by atoms with E-state index in [1.165, 1.54) is 6.92 Å². The Hall–Kier alpha value is -2.74. The summed E-state index contributed by atoms with van der Waals surface area (Å²) in [6.07, 6.45) is 0. The summed E-state index contributed by atoms with van der Waals surface area (Å²) in [6, 6.07) is 3.54. The fourth-order valence-corrected chi connectivity index (χ4v) is 2.45. The van der Waals surface area contributed by atoms with Crippen LogP contribution < -0.4 is 11.3 Å². The largest absolute Gasteiger partial charge is 0.322 e. The van der Waals surface area contributed by atoms with Gasteiger partial charge < -0.3 is 5.73 Å². The molecule has 3 aromatic rings. The lowest BCUT2D eigenvalue weighted by Gasteiger charge is -2.16. The molecule has 0 aliphatic rings. The van der Waals surface area contributed by atoms with Crippen molar-refractivity contribution in [1.29, 1.82) is 0 Å². The Bertz CT molecular complexity index is 994. The molecule has 0 spiro atoms. The van der Waals surface area contributed by atoms with Crippen LogP contribution >= 0.6 is 0 Å². The Morgan fingerprint density at radius 1 is 1.08 bits per heavy atom. The van der Waals surface area contributed by atoms with Crippen molar-refractivity contribution in [3.63, 3.8) is 0 Å². The van der Waals surface area contributed by atoms with E-state index in [0.717, 1.165) is 28.8 Å². The van der Waals surface area contributed by atoms with Gasteiger partial charge in [0.2, 0.25) is 0 Å². The van der Waals surface area contributed by atoms with Crippen molar-refractivity contribution in [2.75, 3.05) is 0 Å². The van der Waals surface area contributed by atoms with Crippen LogP contribution in [0.5, 0.6) is 0 Å². The monoisotopic (exact) mass is 337 g/mol. The smallest absolute Gasteiger partial charge is 0.269 e. The molecule has 0 amide bonds. The van der Waals surface area contributed by atoms with Gasteiger partial charge in [0.05, 0.1) is 17.2 Å². The number of nitrogens with two attached hydrogens (primary N) is 1. The number of rotatable bonds is 2. The first-order valence-electron chi connectivity index (χ1n) is 6.92. The Balaban J connectivity index is 2.49. The van der Waals surface area contributed by atoms with Gasteiger partial charge in [0, 0.05) is 6.07 Å². The molecular weight excluding hydrogens is 326 g/mol. The molecule has 0 saturated carbocycles. The van der Waals surface area contributed by atoms with Gasteiger partial charge in [-0.05, 0) is 31.2 Å². The first kappa shape index (κ1) is 16.1. The van der Waals surface area contributed by atoms with Gasteiger partial charge in [-0.1, -0.05) is 0 Å². The molecule has 2 aromatic carbocycles. The van der Waals surface area contributed by atoms with Gasteiger partial charge in [-0.25, -0.2) is 22.5 Å². The highest BCUT2D eigenvalue weighted by Gasteiger charge is 2.20. The fraction of sp³-hybridized carbons (Fsp3) is 0.125. The summed E-state index contributed by atoms with van der Waals surface area (Å²) in [6.45, 7) is 1.50. The molecule has 1 aromatic heterocycles. The van der Waals surface area contributed by atoms with Crippen LogP contribution in [0.25, 0.3) is 16.6 Å². The van der Waals surface area contributed by atoms with Gasteiger partial charge in [0.15, 0.2) is 11.6 Å². The van der Waals surface area contributed by atoms with Crippen molar-refractivity contribution < 1.29 is 17.6 Å². The van der Waals surface area contributed by atoms with E-state index >= 15 is 0 Å². The maximum Gasteiger partial charge on any atom is 0.269 e. The Kier molecular flexibility index (Phi) is 3.84.